The number of benzene rings is 1. The second-order valence-corrected chi connectivity index (χ2v) is 3.55. The zero-order valence-electron chi connectivity index (χ0n) is 9.07. The van der Waals surface area contributed by atoms with Crippen LogP contribution in [0.15, 0.2) is 18.2 Å². The molecule has 96 valence electrons. The fourth-order valence-corrected chi connectivity index (χ4v) is 1.38. The van der Waals surface area contributed by atoms with E-state index in [0.717, 1.165) is 12.1 Å². The highest BCUT2D eigenvalue weighted by molar-refractivity contribution is 5.90. The molecular weight excluding hydrogens is 244 g/mol. The van der Waals surface area contributed by atoms with Crippen LogP contribution in [-0.4, -0.2) is 33.1 Å². The maximum atomic E-state index is 10.9. The van der Waals surface area contributed by atoms with Gasteiger partial charge in [0.1, 0.15) is 6.04 Å². The molecule has 0 aliphatic heterocycles. The first-order valence-corrected chi connectivity index (χ1v) is 4.82. The van der Waals surface area contributed by atoms with Crippen molar-refractivity contribution in [2.24, 2.45) is 5.73 Å². The van der Waals surface area contributed by atoms with Gasteiger partial charge < -0.3 is 15.9 Å². The number of nitro benzene ring substituents is 1. The van der Waals surface area contributed by atoms with Crippen molar-refractivity contribution >= 4 is 17.6 Å². The summed E-state index contributed by atoms with van der Waals surface area (Å²) in [4.78, 5) is 31.3. The summed E-state index contributed by atoms with van der Waals surface area (Å²) in [5.41, 5.74) is 4.74. The Bertz CT molecular complexity index is 513. The SMILES string of the molecule is NC(Cc1ccc([N+](=O)[O-])cc1C(=O)O)C(=O)O. The predicted octanol–water partition coefficient (Wildman–Crippen LogP) is 0.247. The van der Waals surface area contributed by atoms with Gasteiger partial charge in [-0.15, -0.1) is 0 Å². The molecule has 0 fully saturated rings. The number of aliphatic carboxylic acids is 1. The minimum Gasteiger partial charge on any atom is -0.480 e. The van der Waals surface area contributed by atoms with Crippen LogP contribution in [0.25, 0.3) is 0 Å². The van der Waals surface area contributed by atoms with Crippen LogP contribution in [0.2, 0.25) is 0 Å². The van der Waals surface area contributed by atoms with Crippen LogP contribution < -0.4 is 5.73 Å². The van der Waals surface area contributed by atoms with Crippen molar-refractivity contribution in [3.8, 4) is 0 Å². The molecule has 1 unspecified atom stereocenters. The lowest BCUT2D eigenvalue weighted by Gasteiger charge is -2.09. The van der Waals surface area contributed by atoms with E-state index < -0.39 is 22.9 Å². The molecule has 0 bridgehead atoms. The van der Waals surface area contributed by atoms with Crippen molar-refractivity contribution in [3.05, 3.63) is 39.4 Å². The predicted molar refractivity (Wildman–Crippen MR) is 59.4 cm³/mol. The number of nitrogens with zero attached hydrogens (tertiary/aromatic N) is 1. The van der Waals surface area contributed by atoms with Crippen molar-refractivity contribution < 1.29 is 24.7 Å². The number of carbonyl (C=O) groups is 2. The molecule has 0 saturated heterocycles. The maximum absolute atomic E-state index is 10.9. The lowest BCUT2D eigenvalue weighted by atomic mass is 10.00. The van der Waals surface area contributed by atoms with E-state index in [1.165, 1.54) is 6.07 Å². The van der Waals surface area contributed by atoms with Crippen LogP contribution in [-0.2, 0) is 11.2 Å². The Hall–Kier alpha value is -2.48. The molecule has 1 atom stereocenters. The van der Waals surface area contributed by atoms with E-state index >= 15 is 0 Å². The molecule has 8 nitrogen and oxygen atoms in total. The molecule has 0 amide bonds. The van der Waals surface area contributed by atoms with Gasteiger partial charge in [-0.2, -0.15) is 0 Å². The topological polar surface area (TPSA) is 144 Å². The Morgan fingerprint density at radius 2 is 2.00 bits per heavy atom. The Morgan fingerprint density at radius 3 is 2.44 bits per heavy atom. The minimum absolute atomic E-state index is 0.142. The van der Waals surface area contributed by atoms with Crippen molar-refractivity contribution in [1.29, 1.82) is 0 Å². The van der Waals surface area contributed by atoms with E-state index in [1.807, 2.05) is 0 Å². The third-order valence-electron chi connectivity index (χ3n) is 2.29. The van der Waals surface area contributed by atoms with Gasteiger partial charge in [0, 0.05) is 12.1 Å². The average Bonchev–Trinajstić information content (AvgIpc) is 2.28. The number of hydrogen-bond acceptors (Lipinski definition) is 5. The normalized spacial score (nSPS) is 11.8. The molecule has 0 aromatic heterocycles. The maximum Gasteiger partial charge on any atom is 0.336 e. The standard InChI is InChI=1S/C10H10N2O6/c11-8(10(15)16)3-5-1-2-6(12(17)18)4-7(5)9(13)14/h1-2,4,8H,3,11H2,(H,13,14)(H,15,16). The smallest absolute Gasteiger partial charge is 0.336 e. The van der Waals surface area contributed by atoms with Gasteiger partial charge in [-0.05, 0) is 12.0 Å². The molecule has 18 heavy (non-hydrogen) atoms. The lowest BCUT2D eigenvalue weighted by molar-refractivity contribution is -0.384. The number of non-ortho nitro benzene ring substituents is 1. The van der Waals surface area contributed by atoms with Gasteiger partial charge in [0.25, 0.3) is 5.69 Å². The molecule has 0 aliphatic carbocycles. The van der Waals surface area contributed by atoms with Gasteiger partial charge in [-0.3, -0.25) is 14.9 Å². The summed E-state index contributed by atoms with van der Waals surface area (Å²) < 4.78 is 0. The summed E-state index contributed by atoms with van der Waals surface area (Å²) >= 11 is 0. The average molecular weight is 254 g/mol. The Morgan fingerprint density at radius 1 is 1.39 bits per heavy atom. The van der Waals surface area contributed by atoms with Gasteiger partial charge in [0.2, 0.25) is 0 Å². The van der Waals surface area contributed by atoms with E-state index in [-0.39, 0.29) is 23.2 Å². The number of aromatic carboxylic acids is 1. The quantitative estimate of drug-likeness (QED) is 0.504. The minimum atomic E-state index is -1.37. The molecule has 1 rings (SSSR count). The van der Waals surface area contributed by atoms with E-state index in [2.05, 4.69) is 0 Å². The molecule has 0 radical (unpaired) electrons. The first kappa shape index (κ1) is 13.6. The molecule has 0 spiro atoms. The Balaban J connectivity index is 3.16. The highest BCUT2D eigenvalue weighted by Crippen LogP contribution is 2.19. The van der Waals surface area contributed by atoms with E-state index in [1.54, 1.807) is 0 Å². The molecule has 0 saturated carbocycles. The Kier molecular flexibility index (Phi) is 3.95. The van der Waals surface area contributed by atoms with Gasteiger partial charge in [-0.1, -0.05) is 6.07 Å². The van der Waals surface area contributed by atoms with E-state index in [4.69, 9.17) is 15.9 Å². The molecule has 1 aromatic rings. The second-order valence-electron chi connectivity index (χ2n) is 3.55. The number of rotatable bonds is 5. The fraction of sp³-hybridized carbons (Fsp3) is 0.200. The van der Waals surface area contributed by atoms with Crippen molar-refractivity contribution in [1.82, 2.24) is 0 Å². The van der Waals surface area contributed by atoms with Crippen LogP contribution in [0, 0.1) is 10.1 Å². The van der Waals surface area contributed by atoms with Crippen molar-refractivity contribution in [2.45, 2.75) is 12.5 Å². The van der Waals surface area contributed by atoms with Gasteiger partial charge >= 0.3 is 11.9 Å². The number of carboxylic acids is 2. The van der Waals surface area contributed by atoms with E-state index in [9.17, 15) is 19.7 Å². The zero-order chi connectivity index (χ0) is 13.9. The van der Waals surface area contributed by atoms with Crippen LogP contribution in [0.1, 0.15) is 15.9 Å². The third kappa shape index (κ3) is 3.01. The van der Waals surface area contributed by atoms with Crippen molar-refractivity contribution in [3.63, 3.8) is 0 Å². The lowest BCUT2D eigenvalue weighted by Crippen LogP contribution is -2.32. The highest BCUT2D eigenvalue weighted by Gasteiger charge is 2.20. The fourth-order valence-electron chi connectivity index (χ4n) is 1.38. The summed E-state index contributed by atoms with van der Waals surface area (Å²) in [5.74, 6) is -2.64. The largest absolute Gasteiger partial charge is 0.480 e. The van der Waals surface area contributed by atoms with Crippen molar-refractivity contribution in [2.75, 3.05) is 0 Å². The second kappa shape index (κ2) is 5.23. The van der Waals surface area contributed by atoms with E-state index in [0.29, 0.717) is 0 Å². The third-order valence-corrected chi connectivity index (χ3v) is 2.29. The van der Waals surface area contributed by atoms with Gasteiger partial charge in [-0.25, -0.2) is 4.79 Å². The van der Waals surface area contributed by atoms with Gasteiger partial charge in [0.05, 0.1) is 10.5 Å². The summed E-state index contributed by atoms with van der Waals surface area (Å²) in [7, 11) is 0. The van der Waals surface area contributed by atoms with Crippen LogP contribution in [0.4, 0.5) is 5.69 Å². The zero-order valence-corrected chi connectivity index (χ0v) is 9.07. The molecule has 0 heterocycles. The van der Waals surface area contributed by atoms with Gasteiger partial charge in [0.15, 0.2) is 0 Å². The van der Waals surface area contributed by atoms with Crippen LogP contribution in [0.3, 0.4) is 0 Å². The number of nitro groups is 1. The Labute approximate surface area is 101 Å². The molecule has 4 N–H and O–H groups in total. The molecular formula is C10H10N2O6. The summed E-state index contributed by atoms with van der Waals surface area (Å²) in [6, 6.07) is 1.93. The summed E-state index contributed by atoms with van der Waals surface area (Å²) in [6.45, 7) is 0. The summed E-state index contributed by atoms with van der Waals surface area (Å²) in [5, 5.41) is 28.1. The van der Waals surface area contributed by atoms with Crippen LogP contribution >= 0.6 is 0 Å². The molecule has 8 heteroatoms. The highest BCUT2D eigenvalue weighted by atomic mass is 16.6. The first-order chi connectivity index (χ1) is 8.32. The molecule has 1 aromatic carbocycles. The van der Waals surface area contributed by atoms with Crippen LogP contribution in [0.5, 0.6) is 0 Å². The number of nitrogens with two attached hydrogens (primary N) is 1. The number of carboxylic acid groups (broad SMARTS) is 2. The molecule has 0 aliphatic rings. The number of hydrogen-bond donors (Lipinski definition) is 3. The first-order valence-electron chi connectivity index (χ1n) is 4.82. The monoisotopic (exact) mass is 254 g/mol. The summed E-state index contributed by atoms with van der Waals surface area (Å²) in [6.07, 6.45) is -0.213.